The summed E-state index contributed by atoms with van der Waals surface area (Å²) in [6.07, 6.45) is 10.7. The predicted octanol–water partition coefficient (Wildman–Crippen LogP) is 3.75. The van der Waals surface area contributed by atoms with Crippen molar-refractivity contribution in [2.75, 3.05) is 6.61 Å². The molecule has 0 aromatic carbocycles. The second-order valence-corrected chi connectivity index (χ2v) is 7.31. The van der Waals surface area contributed by atoms with E-state index >= 15 is 0 Å². The lowest BCUT2D eigenvalue weighted by molar-refractivity contribution is -0.0278. The molecule has 2 heteroatoms. The van der Waals surface area contributed by atoms with Gasteiger partial charge in [0.15, 0.2) is 0 Å². The van der Waals surface area contributed by atoms with Gasteiger partial charge in [0.2, 0.25) is 0 Å². The molecule has 112 valence electrons. The SMILES string of the molecule is C[C@H](CCCCCO)C1CC[C@H]2[C@@H](O)CCC[C@]12C. The quantitative estimate of drug-likeness (QED) is 0.720. The molecule has 2 aliphatic carbocycles. The van der Waals surface area contributed by atoms with E-state index in [0.29, 0.717) is 17.9 Å². The van der Waals surface area contributed by atoms with Crippen LogP contribution in [0.1, 0.15) is 71.6 Å². The predicted molar refractivity (Wildman–Crippen MR) is 78.9 cm³/mol. The minimum absolute atomic E-state index is 0.0367. The van der Waals surface area contributed by atoms with E-state index in [2.05, 4.69) is 13.8 Å². The molecule has 0 aromatic rings. The monoisotopic (exact) mass is 268 g/mol. The average Bonchev–Trinajstić information content (AvgIpc) is 2.73. The molecule has 0 heterocycles. The zero-order valence-corrected chi connectivity index (χ0v) is 12.8. The molecule has 0 bridgehead atoms. The number of unbranched alkanes of at least 4 members (excludes halogenated alkanes) is 2. The van der Waals surface area contributed by atoms with Crippen LogP contribution < -0.4 is 0 Å². The molecule has 2 nitrogen and oxygen atoms in total. The number of fused-ring (bicyclic) bond motifs is 1. The third kappa shape index (κ3) is 3.16. The normalized spacial score (nSPS) is 40.1. The summed E-state index contributed by atoms with van der Waals surface area (Å²) >= 11 is 0. The van der Waals surface area contributed by atoms with E-state index in [0.717, 1.165) is 31.1 Å². The van der Waals surface area contributed by atoms with Crippen LogP contribution in [0, 0.1) is 23.2 Å². The second kappa shape index (κ2) is 6.58. The molecule has 2 rings (SSSR count). The average molecular weight is 268 g/mol. The number of aliphatic hydroxyl groups is 2. The molecule has 2 N–H and O–H groups in total. The van der Waals surface area contributed by atoms with E-state index < -0.39 is 0 Å². The summed E-state index contributed by atoms with van der Waals surface area (Å²) in [5, 5.41) is 19.1. The number of hydrogen-bond donors (Lipinski definition) is 2. The molecular weight excluding hydrogens is 236 g/mol. The van der Waals surface area contributed by atoms with Gasteiger partial charge in [0.1, 0.15) is 0 Å². The minimum atomic E-state index is -0.0367. The Morgan fingerprint density at radius 1 is 1.16 bits per heavy atom. The molecule has 0 aromatic heterocycles. The smallest absolute Gasteiger partial charge is 0.0573 e. The highest BCUT2D eigenvalue weighted by Gasteiger charge is 2.51. The van der Waals surface area contributed by atoms with Crippen LogP contribution in [0.15, 0.2) is 0 Å². The van der Waals surface area contributed by atoms with Gasteiger partial charge in [0.05, 0.1) is 6.10 Å². The van der Waals surface area contributed by atoms with Crippen molar-refractivity contribution >= 4 is 0 Å². The van der Waals surface area contributed by atoms with Gasteiger partial charge in [-0.25, -0.2) is 0 Å². The highest BCUT2D eigenvalue weighted by atomic mass is 16.3. The number of aliphatic hydroxyl groups excluding tert-OH is 2. The molecule has 2 aliphatic rings. The molecule has 2 saturated carbocycles. The van der Waals surface area contributed by atoms with Crippen LogP contribution in [-0.4, -0.2) is 22.9 Å². The molecular formula is C17H32O2. The Morgan fingerprint density at radius 3 is 2.68 bits per heavy atom. The van der Waals surface area contributed by atoms with E-state index in [9.17, 15) is 5.11 Å². The van der Waals surface area contributed by atoms with Gasteiger partial charge in [0.25, 0.3) is 0 Å². The third-order valence-electron chi connectivity index (χ3n) is 6.17. The molecule has 0 aliphatic heterocycles. The summed E-state index contributed by atoms with van der Waals surface area (Å²) in [7, 11) is 0. The Bertz CT molecular complexity index is 278. The van der Waals surface area contributed by atoms with Crippen molar-refractivity contribution < 1.29 is 10.2 Å². The molecule has 1 unspecified atom stereocenters. The summed E-state index contributed by atoms with van der Waals surface area (Å²) in [6, 6.07) is 0. The van der Waals surface area contributed by atoms with Crippen LogP contribution >= 0.6 is 0 Å². The van der Waals surface area contributed by atoms with Gasteiger partial charge in [0, 0.05) is 6.61 Å². The van der Waals surface area contributed by atoms with E-state index in [1.165, 1.54) is 38.5 Å². The lowest BCUT2D eigenvalue weighted by atomic mass is 9.61. The van der Waals surface area contributed by atoms with Crippen molar-refractivity contribution in [2.24, 2.45) is 23.2 Å². The van der Waals surface area contributed by atoms with Crippen molar-refractivity contribution in [3.8, 4) is 0 Å². The Kier molecular flexibility index (Phi) is 5.30. The molecule has 0 spiro atoms. The Labute approximate surface area is 118 Å². The number of rotatable bonds is 6. The second-order valence-electron chi connectivity index (χ2n) is 7.31. The standard InChI is InChI=1S/C17H32O2/c1-13(7-4-3-5-12-18)14-9-10-15-16(19)8-6-11-17(14,15)2/h13-16,18-19H,3-12H2,1-2H3/t13-,14?,15+,16+,17-/m1/s1. The van der Waals surface area contributed by atoms with Gasteiger partial charge >= 0.3 is 0 Å². The maximum atomic E-state index is 10.3. The summed E-state index contributed by atoms with van der Waals surface area (Å²) in [4.78, 5) is 0. The molecule has 2 fully saturated rings. The first-order valence-corrected chi connectivity index (χ1v) is 8.38. The van der Waals surface area contributed by atoms with E-state index in [4.69, 9.17) is 5.11 Å². The molecule has 19 heavy (non-hydrogen) atoms. The number of hydrogen-bond acceptors (Lipinski definition) is 2. The topological polar surface area (TPSA) is 40.5 Å². The van der Waals surface area contributed by atoms with Crippen LogP contribution in [0.3, 0.4) is 0 Å². The Hall–Kier alpha value is -0.0800. The third-order valence-corrected chi connectivity index (χ3v) is 6.17. The van der Waals surface area contributed by atoms with Gasteiger partial charge in [-0.05, 0) is 55.3 Å². The zero-order valence-electron chi connectivity index (χ0n) is 12.8. The van der Waals surface area contributed by atoms with Crippen molar-refractivity contribution in [2.45, 2.75) is 77.7 Å². The zero-order chi connectivity index (χ0) is 13.9. The summed E-state index contributed by atoms with van der Waals surface area (Å²) in [5.74, 6) is 2.15. The van der Waals surface area contributed by atoms with E-state index in [1.54, 1.807) is 0 Å². The fraction of sp³-hybridized carbons (Fsp3) is 1.00. The minimum Gasteiger partial charge on any atom is -0.396 e. The van der Waals surface area contributed by atoms with E-state index in [1.807, 2.05) is 0 Å². The fourth-order valence-corrected chi connectivity index (χ4v) is 5.08. The first-order chi connectivity index (χ1) is 9.09. The van der Waals surface area contributed by atoms with Crippen molar-refractivity contribution in [1.29, 1.82) is 0 Å². The lowest BCUT2D eigenvalue weighted by Crippen LogP contribution is -2.41. The molecule has 5 atom stereocenters. The molecule has 0 radical (unpaired) electrons. The maximum Gasteiger partial charge on any atom is 0.0573 e. The van der Waals surface area contributed by atoms with Crippen LogP contribution in [-0.2, 0) is 0 Å². The highest BCUT2D eigenvalue weighted by Crippen LogP contribution is 2.58. The largest absolute Gasteiger partial charge is 0.396 e. The Morgan fingerprint density at radius 2 is 1.95 bits per heavy atom. The van der Waals surface area contributed by atoms with Crippen LogP contribution in [0.5, 0.6) is 0 Å². The Balaban J connectivity index is 1.89. The van der Waals surface area contributed by atoms with Gasteiger partial charge < -0.3 is 10.2 Å². The summed E-state index contributed by atoms with van der Waals surface area (Å²) in [5.41, 5.74) is 0.397. The molecule has 0 saturated heterocycles. The summed E-state index contributed by atoms with van der Waals surface area (Å²) in [6.45, 7) is 5.20. The first kappa shape index (κ1) is 15.3. The van der Waals surface area contributed by atoms with Crippen LogP contribution in [0.4, 0.5) is 0 Å². The van der Waals surface area contributed by atoms with Crippen molar-refractivity contribution in [3.05, 3.63) is 0 Å². The van der Waals surface area contributed by atoms with E-state index in [-0.39, 0.29) is 6.10 Å². The fourth-order valence-electron chi connectivity index (χ4n) is 5.08. The van der Waals surface area contributed by atoms with Gasteiger partial charge in [-0.2, -0.15) is 0 Å². The van der Waals surface area contributed by atoms with Crippen molar-refractivity contribution in [3.63, 3.8) is 0 Å². The molecule has 0 amide bonds. The van der Waals surface area contributed by atoms with Crippen LogP contribution in [0.25, 0.3) is 0 Å². The van der Waals surface area contributed by atoms with Crippen molar-refractivity contribution in [1.82, 2.24) is 0 Å². The van der Waals surface area contributed by atoms with Gasteiger partial charge in [-0.3, -0.25) is 0 Å². The first-order valence-electron chi connectivity index (χ1n) is 8.38. The van der Waals surface area contributed by atoms with Gasteiger partial charge in [-0.1, -0.05) is 39.5 Å². The summed E-state index contributed by atoms with van der Waals surface area (Å²) < 4.78 is 0. The lowest BCUT2D eigenvalue weighted by Gasteiger charge is -2.45. The highest BCUT2D eigenvalue weighted by molar-refractivity contribution is 5.01. The van der Waals surface area contributed by atoms with Crippen LogP contribution in [0.2, 0.25) is 0 Å². The van der Waals surface area contributed by atoms with Gasteiger partial charge in [-0.15, -0.1) is 0 Å². The maximum absolute atomic E-state index is 10.3.